The highest BCUT2D eigenvalue weighted by Crippen LogP contribution is 2.73. The summed E-state index contributed by atoms with van der Waals surface area (Å²) in [4.78, 5) is 4.44. The van der Waals surface area contributed by atoms with Crippen molar-refractivity contribution < 1.29 is 14.9 Å². The van der Waals surface area contributed by atoms with E-state index in [4.69, 9.17) is 10.5 Å². The van der Waals surface area contributed by atoms with Gasteiger partial charge in [0.25, 0.3) is 0 Å². The van der Waals surface area contributed by atoms with Crippen molar-refractivity contribution in [2.75, 3.05) is 32.6 Å². The molecule has 3 aliphatic carbocycles. The third kappa shape index (κ3) is 3.20. The van der Waals surface area contributed by atoms with Gasteiger partial charge in [-0.05, 0) is 61.8 Å². The van der Waals surface area contributed by atoms with Gasteiger partial charge in [-0.3, -0.25) is 5.73 Å². The van der Waals surface area contributed by atoms with Crippen LogP contribution in [-0.2, 0) is 10.3 Å². The monoisotopic (exact) mass is 525 g/mol. The number of hydrogen-bond donors (Lipinski definition) is 3. The van der Waals surface area contributed by atoms with Crippen molar-refractivity contribution in [2.45, 2.75) is 42.7 Å². The lowest BCUT2D eigenvalue weighted by Crippen LogP contribution is -2.67. The van der Waals surface area contributed by atoms with Crippen LogP contribution >= 0.6 is 0 Å². The number of azo groups is 1. The van der Waals surface area contributed by atoms with Gasteiger partial charge in [0.1, 0.15) is 11.9 Å². The predicted molar refractivity (Wildman–Crippen MR) is 149 cm³/mol. The van der Waals surface area contributed by atoms with E-state index in [9.17, 15) is 10.2 Å². The molecule has 6 atom stereocenters. The Morgan fingerprint density at radius 3 is 2.54 bits per heavy atom. The van der Waals surface area contributed by atoms with E-state index < -0.39 is 22.8 Å². The molecule has 0 aromatic heterocycles. The van der Waals surface area contributed by atoms with Crippen LogP contribution in [0.15, 0.2) is 99.6 Å². The molecule has 4 N–H and O–H groups in total. The summed E-state index contributed by atoms with van der Waals surface area (Å²) in [7, 11) is 6.16. The Morgan fingerprint density at radius 1 is 1.08 bits per heavy atom. The second-order valence-corrected chi connectivity index (χ2v) is 11.9. The first-order valence-electron chi connectivity index (χ1n) is 13.7. The number of nitrogens with zero attached hydrogens (tertiary/aromatic N) is 4. The average molecular weight is 526 g/mol. The fraction of sp³-hybridized carbons (Fsp3) is 0.419. The summed E-state index contributed by atoms with van der Waals surface area (Å²) in [5, 5.41) is 32.9. The van der Waals surface area contributed by atoms with Gasteiger partial charge in [-0.15, -0.1) is 0 Å². The van der Waals surface area contributed by atoms with Crippen LogP contribution in [0.3, 0.4) is 0 Å². The summed E-state index contributed by atoms with van der Waals surface area (Å²) in [6.07, 6.45) is 4.94. The molecule has 0 amide bonds. The zero-order chi connectivity index (χ0) is 27.2. The molecule has 1 spiro atoms. The van der Waals surface area contributed by atoms with E-state index >= 15 is 0 Å². The zero-order valence-corrected chi connectivity index (χ0v) is 22.6. The number of hydrogen-bond acceptors (Lipinski definition) is 8. The van der Waals surface area contributed by atoms with E-state index in [0.717, 1.165) is 36.2 Å². The van der Waals surface area contributed by atoms with E-state index in [1.165, 1.54) is 5.57 Å². The number of ether oxygens (including phenoxy) is 1. The van der Waals surface area contributed by atoms with Gasteiger partial charge in [0, 0.05) is 43.7 Å². The first-order chi connectivity index (χ1) is 18.7. The lowest BCUT2D eigenvalue weighted by atomic mass is 9.45. The molecular weight excluding hydrogens is 490 g/mol. The molecule has 5 aliphatic rings. The summed E-state index contributed by atoms with van der Waals surface area (Å²) in [6, 6.07) is 17.9. The van der Waals surface area contributed by atoms with Crippen molar-refractivity contribution in [3.8, 4) is 0 Å². The van der Waals surface area contributed by atoms with E-state index in [2.05, 4.69) is 34.3 Å². The normalized spacial score (nSPS) is 36.8. The standard InChI is InChI=1S/C31H35N5O3/c1-35(2)22-11-9-21(10-12-22)33-34-24-18-23-25-17-19-13-14-30(32,38)28-26(19)29(23,15-16-36(25)3)31(39-28,27(24)37)20-7-5-4-6-8-20/h4-13,18,23,25,27,37-38H,14-17,32H2,1-3H3/t23-,25+,27-,29-,30?,31-/m0/s1. The van der Waals surface area contributed by atoms with Crippen molar-refractivity contribution in [1.29, 1.82) is 0 Å². The Hall–Kier alpha value is -3.30. The highest BCUT2D eigenvalue weighted by molar-refractivity contribution is 5.59. The first-order valence-corrected chi connectivity index (χ1v) is 13.7. The van der Waals surface area contributed by atoms with Crippen LogP contribution in [0.5, 0.6) is 0 Å². The maximum Gasteiger partial charge on any atom is 0.175 e. The van der Waals surface area contributed by atoms with Gasteiger partial charge in [-0.2, -0.15) is 10.2 Å². The molecule has 2 aromatic carbocycles. The van der Waals surface area contributed by atoms with Crippen LogP contribution in [0.1, 0.15) is 24.8 Å². The van der Waals surface area contributed by atoms with Crippen LogP contribution < -0.4 is 10.6 Å². The van der Waals surface area contributed by atoms with Crippen LogP contribution in [-0.4, -0.2) is 60.7 Å². The highest BCUT2D eigenvalue weighted by atomic mass is 16.5. The molecule has 39 heavy (non-hydrogen) atoms. The lowest BCUT2D eigenvalue weighted by Gasteiger charge is -2.62. The lowest BCUT2D eigenvalue weighted by molar-refractivity contribution is -0.188. The van der Waals surface area contributed by atoms with Crippen LogP contribution in [0, 0.1) is 11.3 Å². The molecule has 2 heterocycles. The van der Waals surface area contributed by atoms with Gasteiger partial charge in [-0.25, -0.2) is 0 Å². The summed E-state index contributed by atoms with van der Waals surface area (Å²) < 4.78 is 6.93. The highest BCUT2D eigenvalue weighted by Gasteiger charge is 2.76. The maximum atomic E-state index is 12.3. The van der Waals surface area contributed by atoms with Crippen molar-refractivity contribution in [3.05, 3.63) is 94.9 Å². The van der Waals surface area contributed by atoms with Gasteiger partial charge in [0.05, 0.1) is 16.8 Å². The molecule has 202 valence electrons. The topological polar surface area (TPSA) is 107 Å². The molecule has 1 saturated heterocycles. The Labute approximate surface area is 228 Å². The smallest absolute Gasteiger partial charge is 0.175 e. The number of rotatable bonds is 4. The Morgan fingerprint density at radius 2 is 1.82 bits per heavy atom. The van der Waals surface area contributed by atoms with Gasteiger partial charge in [0.15, 0.2) is 11.3 Å². The number of aliphatic hydroxyl groups is 2. The third-order valence-electron chi connectivity index (χ3n) is 9.68. The third-order valence-corrected chi connectivity index (χ3v) is 9.68. The molecule has 2 bridgehead atoms. The number of likely N-dealkylation sites (tertiary alicyclic amines) is 1. The SMILES string of the molecule is CN(C)c1ccc(N=NC2=C[C@H]3[C@H]4CC5=CCC(N)(O)C6=C5[C@@]3(CCN4C)[C@@](c3ccccc3)(O6)[C@H]2O)cc1. The predicted octanol–water partition coefficient (Wildman–Crippen LogP) is 3.96. The molecule has 2 aliphatic heterocycles. The first kappa shape index (κ1) is 24.7. The summed E-state index contributed by atoms with van der Waals surface area (Å²) in [5.41, 5.74) is 8.35. The Bertz CT molecular complexity index is 1440. The van der Waals surface area contributed by atoms with Gasteiger partial charge < -0.3 is 24.7 Å². The maximum absolute atomic E-state index is 12.3. The van der Waals surface area contributed by atoms with Crippen LogP contribution in [0.25, 0.3) is 0 Å². The van der Waals surface area contributed by atoms with Gasteiger partial charge >= 0.3 is 0 Å². The molecule has 7 rings (SSSR count). The molecule has 0 radical (unpaired) electrons. The number of anilines is 1. The van der Waals surface area contributed by atoms with Gasteiger partial charge in [-0.1, -0.05) is 42.5 Å². The number of aliphatic hydroxyl groups excluding tert-OH is 1. The van der Waals surface area contributed by atoms with E-state index in [-0.39, 0.29) is 18.4 Å². The van der Waals surface area contributed by atoms with E-state index in [1.54, 1.807) is 0 Å². The fourth-order valence-electron chi connectivity index (χ4n) is 7.83. The number of benzene rings is 2. The van der Waals surface area contributed by atoms with Crippen molar-refractivity contribution in [2.24, 2.45) is 27.3 Å². The molecule has 8 heteroatoms. The Kier molecular flexibility index (Phi) is 5.29. The molecule has 2 aromatic rings. The number of nitrogens with two attached hydrogens (primary N) is 1. The number of piperidine rings is 1. The van der Waals surface area contributed by atoms with Crippen molar-refractivity contribution in [3.63, 3.8) is 0 Å². The Balaban J connectivity index is 1.42. The van der Waals surface area contributed by atoms with E-state index in [0.29, 0.717) is 17.1 Å². The fourth-order valence-corrected chi connectivity index (χ4v) is 7.83. The van der Waals surface area contributed by atoms with Crippen LogP contribution in [0.2, 0.25) is 0 Å². The molecular formula is C31H35N5O3. The van der Waals surface area contributed by atoms with Crippen molar-refractivity contribution >= 4 is 11.4 Å². The minimum atomic E-state index is -1.64. The van der Waals surface area contributed by atoms with Gasteiger partial charge in [0.2, 0.25) is 0 Å². The quantitative estimate of drug-likeness (QED) is 0.412. The van der Waals surface area contributed by atoms with Crippen LogP contribution in [0.4, 0.5) is 11.4 Å². The van der Waals surface area contributed by atoms with E-state index in [1.807, 2.05) is 73.6 Å². The molecule has 1 saturated carbocycles. The summed E-state index contributed by atoms with van der Waals surface area (Å²) in [6.45, 7) is 0.849. The molecule has 1 unspecified atom stereocenters. The second kappa shape index (κ2) is 8.35. The average Bonchev–Trinajstić information content (AvgIpc) is 3.26. The molecule has 8 nitrogen and oxygen atoms in total. The minimum Gasteiger partial charge on any atom is -0.478 e. The second-order valence-electron chi connectivity index (χ2n) is 11.9. The summed E-state index contributed by atoms with van der Waals surface area (Å²) >= 11 is 0. The largest absolute Gasteiger partial charge is 0.478 e. The zero-order valence-electron chi connectivity index (χ0n) is 22.6. The molecule has 2 fully saturated rings. The summed E-state index contributed by atoms with van der Waals surface area (Å²) in [5.74, 6) is 0.394. The van der Waals surface area contributed by atoms with Crippen molar-refractivity contribution in [1.82, 2.24) is 4.90 Å². The minimum absolute atomic E-state index is 0.0107.